The summed E-state index contributed by atoms with van der Waals surface area (Å²) >= 11 is 10.9. The summed E-state index contributed by atoms with van der Waals surface area (Å²) in [4.78, 5) is 2.40. The normalized spacial score (nSPS) is 15.4. The van der Waals surface area contributed by atoms with Gasteiger partial charge in [0.05, 0.1) is 5.02 Å². The van der Waals surface area contributed by atoms with Gasteiger partial charge in [0.2, 0.25) is 0 Å². The van der Waals surface area contributed by atoms with Crippen LogP contribution in [0.2, 0.25) is 5.02 Å². The Balaban J connectivity index is 1.84. The first-order valence-corrected chi connectivity index (χ1v) is 7.15. The van der Waals surface area contributed by atoms with Gasteiger partial charge in [0.25, 0.3) is 0 Å². The van der Waals surface area contributed by atoms with E-state index in [1.165, 1.54) is 25.9 Å². The summed E-state index contributed by atoms with van der Waals surface area (Å²) < 4.78 is 5.69. The molecule has 0 aromatic heterocycles. The van der Waals surface area contributed by atoms with Crippen LogP contribution in [0.3, 0.4) is 0 Å². The number of benzene rings is 1. The molecule has 3 N–H and O–H groups in total. The van der Waals surface area contributed by atoms with E-state index in [9.17, 15) is 0 Å². The summed E-state index contributed by atoms with van der Waals surface area (Å²) in [6.45, 7) is 3.95. The van der Waals surface area contributed by atoms with Crippen LogP contribution in [-0.4, -0.2) is 36.3 Å². The molecular weight excluding hydrogens is 282 g/mol. The summed E-state index contributed by atoms with van der Waals surface area (Å²) in [5.41, 5.74) is 6.17. The van der Waals surface area contributed by atoms with E-state index < -0.39 is 0 Å². The van der Waals surface area contributed by atoms with E-state index in [0.29, 0.717) is 17.4 Å². The Morgan fingerprint density at radius 2 is 2.16 bits per heavy atom. The summed E-state index contributed by atoms with van der Waals surface area (Å²) in [5.74, 6) is 0.689. The molecule has 0 saturated carbocycles. The van der Waals surface area contributed by atoms with E-state index in [1.807, 2.05) is 12.1 Å². The fourth-order valence-electron chi connectivity index (χ4n) is 2.13. The van der Waals surface area contributed by atoms with Gasteiger partial charge in [-0.3, -0.25) is 4.90 Å². The molecule has 1 aliphatic rings. The van der Waals surface area contributed by atoms with Crippen molar-refractivity contribution in [3.05, 3.63) is 23.2 Å². The Labute approximate surface area is 123 Å². The number of likely N-dealkylation sites (tertiary alicyclic amines) is 1. The molecular formula is C13H18ClN3OS. The Hall–Kier alpha value is -1.04. The maximum absolute atomic E-state index is 6.15. The number of nitrogens with two attached hydrogens (primary N) is 1. The highest BCUT2D eigenvalue weighted by molar-refractivity contribution is 7.80. The van der Waals surface area contributed by atoms with Gasteiger partial charge in [-0.05, 0) is 56.3 Å². The Morgan fingerprint density at radius 1 is 1.42 bits per heavy atom. The van der Waals surface area contributed by atoms with Crippen molar-refractivity contribution in [2.45, 2.75) is 12.8 Å². The third-order valence-corrected chi connectivity index (χ3v) is 3.46. The van der Waals surface area contributed by atoms with Crippen molar-refractivity contribution in [1.82, 2.24) is 4.90 Å². The standard InChI is InChI=1S/C13H18ClN3OS/c14-11-9-10(16-13(15)19)3-4-12(11)18-8-7-17-5-1-2-6-17/h3-4,9H,1-2,5-8H2,(H3,15,16,19). The molecule has 2 rings (SSSR count). The molecule has 0 aliphatic carbocycles. The molecule has 104 valence electrons. The number of rotatable bonds is 5. The molecule has 6 heteroatoms. The molecule has 1 fully saturated rings. The summed E-state index contributed by atoms with van der Waals surface area (Å²) in [6.07, 6.45) is 2.58. The van der Waals surface area contributed by atoms with Crippen molar-refractivity contribution in [2.24, 2.45) is 5.73 Å². The largest absolute Gasteiger partial charge is 0.491 e. The highest BCUT2D eigenvalue weighted by Gasteiger charge is 2.11. The molecule has 0 atom stereocenters. The third-order valence-electron chi connectivity index (χ3n) is 3.06. The molecule has 1 aromatic carbocycles. The zero-order chi connectivity index (χ0) is 13.7. The smallest absolute Gasteiger partial charge is 0.168 e. The van der Waals surface area contributed by atoms with Crippen molar-refractivity contribution in [2.75, 3.05) is 31.6 Å². The molecule has 1 aliphatic heterocycles. The molecule has 1 aromatic rings. The van der Waals surface area contributed by atoms with E-state index in [0.717, 1.165) is 12.2 Å². The monoisotopic (exact) mass is 299 g/mol. The molecule has 0 bridgehead atoms. The highest BCUT2D eigenvalue weighted by atomic mass is 35.5. The SMILES string of the molecule is NC(=S)Nc1ccc(OCCN2CCCC2)c(Cl)c1. The molecule has 4 nitrogen and oxygen atoms in total. The summed E-state index contributed by atoms with van der Waals surface area (Å²) in [5, 5.41) is 3.61. The molecule has 1 saturated heterocycles. The zero-order valence-electron chi connectivity index (χ0n) is 10.7. The van der Waals surface area contributed by atoms with Crippen LogP contribution in [0, 0.1) is 0 Å². The van der Waals surface area contributed by atoms with Crippen LogP contribution in [0.15, 0.2) is 18.2 Å². The second-order valence-electron chi connectivity index (χ2n) is 4.53. The van der Waals surface area contributed by atoms with Crippen LogP contribution in [-0.2, 0) is 0 Å². The topological polar surface area (TPSA) is 50.5 Å². The second kappa shape index (κ2) is 6.93. The van der Waals surface area contributed by atoms with Crippen LogP contribution in [0.1, 0.15) is 12.8 Å². The van der Waals surface area contributed by atoms with E-state index >= 15 is 0 Å². The number of nitrogens with zero attached hydrogens (tertiary/aromatic N) is 1. The number of nitrogens with one attached hydrogen (secondary N) is 1. The fourth-order valence-corrected chi connectivity index (χ4v) is 2.48. The number of hydrogen-bond acceptors (Lipinski definition) is 3. The van der Waals surface area contributed by atoms with E-state index in [4.69, 9.17) is 34.3 Å². The van der Waals surface area contributed by atoms with Crippen molar-refractivity contribution < 1.29 is 4.74 Å². The van der Waals surface area contributed by atoms with E-state index in [2.05, 4.69) is 10.2 Å². The Kier molecular flexibility index (Phi) is 5.24. The maximum Gasteiger partial charge on any atom is 0.168 e. The van der Waals surface area contributed by atoms with Gasteiger partial charge in [0.15, 0.2) is 5.11 Å². The van der Waals surface area contributed by atoms with Gasteiger partial charge in [-0.15, -0.1) is 0 Å². The van der Waals surface area contributed by atoms with Gasteiger partial charge >= 0.3 is 0 Å². The van der Waals surface area contributed by atoms with Gasteiger partial charge in [0.1, 0.15) is 12.4 Å². The first-order chi connectivity index (χ1) is 9.15. The first kappa shape index (κ1) is 14.4. The zero-order valence-corrected chi connectivity index (χ0v) is 12.3. The number of thiocarbonyl (C=S) groups is 1. The minimum atomic E-state index is 0.221. The molecule has 1 heterocycles. The lowest BCUT2D eigenvalue weighted by atomic mass is 10.3. The van der Waals surface area contributed by atoms with Gasteiger partial charge in [-0.25, -0.2) is 0 Å². The number of anilines is 1. The van der Waals surface area contributed by atoms with Crippen LogP contribution in [0.5, 0.6) is 5.75 Å². The maximum atomic E-state index is 6.15. The Morgan fingerprint density at radius 3 is 2.79 bits per heavy atom. The quantitative estimate of drug-likeness (QED) is 0.818. The van der Waals surface area contributed by atoms with Gasteiger partial charge in [-0.2, -0.15) is 0 Å². The average Bonchev–Trinajstić information content (AvgIpc) is 2.84. The van der Waals surface area contributed by atoms with Crippen molar-refractivity contribution >= 4 is 34.6 Å². The predicted molar refractivity (Wildman–Crippen MR) is 83.0 cm³/mol. The summed E-state index contributed by atoms with van der Waals surface area (Å²) in [6, 6.07) is 5.43. The second-order valence-corrected chi connectivity index (χ2v) is 5.38. The minimum absolute atomic E-state index is 0.221. The van der Waals surface area contributed by atoms with Crippen molar-refractivity contribution in [1.29, 1.82) is 0 Å². The van der Waals surface area contributed by atoms with Crippen LogP contribution < -0.4 is 15.8 Å². The number of hydrogen-bond donors (Lipinski definition) is 2. The van der Waals surface area contributed by atoms with Gasteiger partial charge < -0.3 is 15.8 Å². The highest BCUT2D eigenvalue weighted by Crippen LogP contribution is 2.27. The van der Waals surface area contributed by atoms with Gasteiger partial charge in [-0.1, -0.05) is 11.6 Å². The molecule has 0 unspecified atom stereocenters. The lowest BCUT2D eigenvalue weighted by molar-refractivity contribution is 0.238. The fraction of sp³-hybridized carbons (Fsp3) is 0.462. The van der Waals surface area contributed by atoms with Crippen LogP contribution in [0.25, 0.3) is 0 Å². The van der Waals surface area contributed by atoms with Crippen molar-refractivity contribution in [3.8, 4) is 5.75 Å². The molecule has 0 amide bonds. The molecule has 19 heavy (non-hydrogen) atoms. The van der Waals surface area contributed by atoms with Crippen LogP contribution >= 0.6 is 23.8 Å². The number of halogens is 1. The van der Waals surface area contributed by atoms with E-state index in [-0.39, 0.29) is 5.11 Å². The number of ether oxygens (including phenoxy) is 1. The minimum Gasteiger partial charge on any atom is -0.491 e. The lowest BCUT2D eigenvalue weighted by Crippen LogP contribution is -2.25. The van der Waals surface area contributed by atoms with Crippen LogP contribution in [0.4, 0.5) is 5.69 Å². The molecule has 0 radical (unpaired) electrons. The lowest BCUT2D eigenvalue weighted by Gasteiger charge is -2.15. The molecule has 0 spiro atoms. The van der Waals surface area contributed by atoms with Gasteiger partial charge in [0, 0.05) is 12.2 Å². The third kappa shape index (κ3) is 4.53. The predicted octanol–water partition coefficient (Wildman–Crippen LogP) is 2.47. The summed E-state index contributed by atoms with van der Waals surface area (Å²) in [7, 11) is 0. The Bertz CT molecular complexity index is 450. The average molecular weight is 300 g/mol. The van der Waals surface area contributed by atoms with Crippen molar-refractivity contribution in [3.63, 3.8) is 0 Å². The van der Waals surface area contributed by atoms with E-state index in [1.54, 1.807) is 6.07 Å². The first-order valence-electron chi connectivity index (χ1n) is 6.36.